The van der Waals surface area contributed by atoms with Gasteiger partial charge < -0.3 is 4.42 Å². The van der Waals surface area contributed by atoms with E-state index in [1.54, 1.807) is 12.1 Å². The summed E-state index contributed by atoms with van der Waals surface area (Å²) in [6, 6.07) is 14.8. The molecule has 0 unspecified atom stereocenters. The van der Waals surface area contributed by atoms with E-state index in [0.29, 0.717) is 16.5 Å². The molecule has 0 atom stereocenters. The number of nitrogens with zero attached hydrogens (tertiary/aromatic N) is 1. The topological polar surface area (TPSA) is 54.6 Å². The lowest BCUT2D eigenvalue weighted by Gasteiger charge is -2.00. The summed E-state index contributed by atoms with van der Waals surface area (Å²) in [6.45, 7) is 0. The molecular weight excluding hydrogens is 332 g/mol. The minimum absolute atomic E-state index is 0.115. The van der Waals surface area contributed by atoms with Gasteiger partial charge in [0.1, 0.15) is 11.8 Å². The van der Waals surface area contributed by atoms with E-state index in [-0.39, 0.29) is 5.43 Å². The van der Waals surface area contributed by atoms with Crippen LogP contribution in [-0.2, 0) is 0 Å². The van der Waals surface area contributed by atoms with E-state index in [0.717, 1.165) is 10.2 Å². The van der Waals surface area contributed by atoms with Gasteiger partial charge in [0.2, 0.25) is 5.43 Å². The summed E-state index contributed by atoms with van der Waals surface area (Å²) in [5.74, 6) is 0. The lowest BCUT2D eigenvalue weighted by atomic mass is 10.2. The third kappa shape index (κ3) is 3.03. The molecule has 0 fully saturated rings. The van der Waals surface area contributed by atoms with Crippen LogP contribution in [0.25, 0.3) is 11.0 Å². The standard InChI is InChI=1S/C16H11BrN2O2/c17-12-6-7-15-14(8-12)16(20)11(10-21-15)9-18-19-13-4-2-1-3-5-13/h1-10,19H. The van der Waals surface area contributed by atoms with Gasteiger partial charge in [0, 0.05) is 4.47 Å². The fraction of sp³-hybridized carbons (Fsp3) is 0. The zero-order valence-electron chi connectivity index (χ0n) is 10.9. The zero-order valence-corrected chi connectivity index (χ0v) is 12.5. The largest absolute Gasteiger partial charge is 0.463 e. The number of hydrogen-bond donors (Lipinski definition) is 1. The highest BCUT2D eigenvalue weighted by Crippen LogP contribution is 2.17. The molecular formula is C16H11BrN2O2. The van der Waals surface area contributed by atoms with Gasteiger partial charge >= 0.3 is 0 Å². The maximum Gasteiger partial charge on any atom is 0.201 e. The van der Waals surface area contributed by atoms with Crippen molar-refractivity contribution in [1.82, 2.24) is 0 Å². The molecule has 5 heteroatoms. The molecule has 104 valence electrons. The molecule has 3 aromatic rings. The van der Waals surface area contributed by atoms with Gasteiger partial charge in [-0.3, -0.25) is 10.2 Å². The average Bonchev–Trinajstić information content (AvgIpc) is 2.51. The Balaban J connectivity index is 1.91. The first kappa shape index (κ1) is 13.6. The van der Waals surface area contributed by atoms with Crippen LogP contribution in [-0.4, -0.2) is 6.21 Å². The van der Waals surface area contributed by atoms with Crippen molar-refractivity contribution in [2.75, 3.05) is 5.43 Å². The van der Waals surface area contributed by atoms with Crippen LogP contribution in [0.4, 0.5) is 5.69 Å². The van der Waals surface area contributed by atoms with Crippen LogP contribution < -0.4 is 10.9 Å². The van der Waals surface area contributed by atoms with Gasteiger partial charge in [-0.05, 0) is 30.3 Å². The van der Waals surface area contributed by atoms with E-state index in [9.17, 15) is 4.79 Å². The minimum atomic E-state index is -0.115. The maximum atomic E-state index is 12.3. The van der Waals surface area contributed by atoms with Gasteiger partial charge in [-0.25, -0.2) is 0 Å². The maximum absolute atomic E-state index is 12.3. The van der Waals surface area contributed by atoms with Crippen LogP contribution in [0.1, 0.15) is 5.56 Å². The summed E-state index contributed by atoms with van der Waals surface area (Å²) in [5, 5.41) is 4.58. The summed E-state index contributed by atoms with van der Waals surface area (Å²) in [5.41, 5.74) is 4.54. The molecule has 0 aliphatic heterocycles. The lowest BCUT2D eigenvalue weighted by Crippen LogP contribution is -2.08. The fourth-order valence-electron chi connectivity index (χ4n) is 1.90. The fourth-order valence-corrected chi connectivity index (χ4v) is 2.26. The van der Waals surface area contributed by atoms with Crippen LogP contribution in [0.2, 0.25) is 0 Å². The SMILES string of the molecule is O=c1c(C=NNc2ccccc2)coc2ccc(Br)cc12. The molecule has 1 N–H and O–H groups in total. The normalized spacial score (nSPS) is 11.1. The van der Waals surface area contributed by atoms with Gasteiger partial charge in [0.15, 0.2) is 0 Å². The predicted molar refractivity (Wildman–Crippen MR) is 87.8 cm³/mol. The van der Waals surface area contributed by atoms with Crippen LogP contribution in [0, 0.1) is 0 Å². The van der Waals surface area contributed by atoms with Crippen LogP contribution in [0.5, 0.6) is 0 Å². The molecule has 0 bridgehead atoms. The van der Waals surface area contributed by atoms with Gasteiger partial charge in [0.05, 0.1) is 22.9 Å². The second-order valence-electron chi connectivity index (χ2n) is 4.40. The molecule has 0 amide bonds. The number of nitrogens with one attached hydrogen (secondary N) is 1. The number of para-hydroxylation sites is 1. The van der Waals surface area contributed by atoms with E-state index in [2.05, 4.69) is 26.5 Å². The second kappa shape index (κ2) is 5.93. The molecule has 1 aromatic heterocycles. The first-order valence-electron chi connectivity index (χ1n) is 6.29. The quantitative estimate of drug-likeness (QED) is 0.578. The zero-order chi connectivity index (χ0) is 14.7. The Morgan fingerprint density at radius 1 is 1.14 bits per heavy atom. The Morgan fingerprint density at radius 3 is 2.76 bits per heavy atom. The second-order valence-corrected chi connectivity index (χ2v) is 5.31. The number of anilines is 1. The molecule has 2 aromatic carbocycles. The minimum Gasteiger partial charge on any atom is -0.463 e. The smallest absolute Gasteiger partial charge is 0.201 e. The molecule has 1 heterocycles. The number of hydrogen-bond acceptors (Lipinski definition) is 4. The molecule has 0 aliphatic rings. The first-order valence-corrected chi connectivity index (χ1v) is 7.08. The monoisotopic (exact) mass is 342 g/mol. The van der Waals surface area contributed by atoms with E-state index in [1.807, 2.05) is 36.4 Å². The van der Waals surface area contributed by atoms with Crippen molar-refractivity contribution in [3.63, 3.8) is 0 Å². The molecule has 0 radical (unpaired) electrons. The molecule has 3 rings (SSSR count). The summed E-state index contributed by atoms with van der Waals surface area (Å²) in [4.78, 5) is 12.3. The average molecular weight is 343 g/mol. The first-order chi connectivity index (χ1) is 10.2. The van der Waals surface area contributed by atoms with Crippen LogP contribution in [0.3, 0.4) is 0 Å². The number of hydrazone groups is 1. The van der Waals surface area contributed by atoms with Crippen molar-refractivity contribution in [2.24, 2.45) is 5.10 Å². The molecule has 0 spiro atoms. The van der Waals surface area contributed by atoms with Gasteiger partial charge in [-0.2, -0.15) is 5.10 Å². The summed E-state index contributed by atoms with van der Waals surface area (Å²) in [7, 11) is 0. The van der Waals surface area contributed by atoms with Crippen molar-refractivity contribution in [1.29, 1.82) is 0 Å². The van der Waals surface area contributed by atoms with Crippen molar-refractivity contribution in [3.8, 4) is 0 Å². The molecule has 0 aliphatic carbocycles. The third-order valence-corrected chi connectivity index (χ3v) is 3.43. The number of fused-ring (bicyclic) bond motifs is 1. The van der Waals surface area contributed by atoms with Crippen LogP contribution in [0.15, 0.2) is 73.6 Å². The van der Waals surface area contributed by atoms with Crippen molar-refractivity contribution in [2.45, 2.75) is 0 Å². The summed E-state index contributed by atoms with van der Waals surface area (Å²) < 4.78 is 6.27. The van der Waals surface area contributed by atoms with Gasteiger partial charge in [-0.15, -0.1) is 0 Å². The third-order valence-electron chi connectivity index (χ3n) is 2.93. The van der Waals surface area contributed by atoms with E-state index in [1.165, 1.54) is 12.5 Å². The van der Waals surface area contributed by atoms with Crippen LogP contribution >= 0.6 is 15.9 Å². The highest BCUT2D eigenvalue weighted by atomic mass is 79.9. The Labute approximate surface area is 129 Å². The molecule has 0 saturated carbocycles. The van der Waals surface area contributed by atoms with E-state index >= 15 is 0 Å². The van der Waals surface area contributed by atoms with Crippen molar-refractivity contribution < 1.29 is 4.42 Å². The lowest BCUT2D eigenvalue weighted by molar-refractivity contribution is 0.601. The Morgan fingerprint density at radius 2 is 1.95 bits per heavy atom. The molecule has 0 saturated heterocycles. The number of benzene rings is 2. The number of halogens is 1. The number of rotatable bonds is 3. The van der Waals surface area contributed by atoms with Crippen molar-refractivity contribution >= 4 is 38.8 Å². The highest BCUT2D eigenvalue weighted by molar-refractivity contribution is 9.10. The Bertz CT molecular complexity index is 857. The van der Waals surface area contributed by atoms with E-state index < -0.39 is 0 Å². The molecule has 21 heavy (non-hydrogen) atoms. The van der Waals surface area contributed by atoms with Crippen molar-refractivity contribution in [3.05, 3.63) is 75.1 Å². The Hall–Kier alpha value is -2.40. The predicted octanol–water partition coefficient (Wildman–Crippen LogP) is 4.00. The summed E-state index contributed by atoms with van der Waals surface area (Å²) in [6.07, 6.45) is 2.87. The van der Waals surface area contributed by atoms with E-state index in [4.69, 9.17) is 4.42 Å². The van der Waals surface area contributed by atoms with Gasteiger partial charge in [0.25, 0.3) is 0 Å². The highest BCUT2D eigenvalue weighted by Gasteiger charge is 2.05. The van der Waals surface area contributed by atoms with Gasteiger partial charge in [-0.1, -0.05) is 34.1 Å². The Kier molecular flexibility index (Phi) is 3.83. The molecule has 4 nitrogen and oxygen atoms in total. The summed E-state index contributed by atoms with van der Waals surface area (Å²) >= 11 is 3.35.